The van der Waals surface area contributed by atoms with Crippen LogP contribution >= 0.6 is 0 Å². The number of carbonyl (C=O) groups excluding carboxylic acids is 2. The van der Waals surface area contributed by atoms with Gasteiger partial charge in [0.1, 0.15) is 0 Å². The van der Waals surface area contributed by atoms with Gasteiger partial charge in [0, 0.05) is 5.56 Å². The van der Waals surface area contributed by atoms with Gasteiger partial charge in [-0.15, -0.1) is 6.42 Å². The molecule has 0 radical (unpaired) electrons. The van der Waals surface area contributed by atoms with Crippen LogP contribution in [0.1, 0.15) is 46.4 Å². The zero-order valence-electron chi connectivity index (χ0n) is 16.4. The predicted octanol–water partition coefficient (Wildman–Crippen LogP) is 3.63. The van der Waals surface area contributed by atoms with E-state index in [1.165, 1.54) is 12.8 Å². The molecule has 1 aliphatic rings. The van der Waals surface area contributed by atoms with E-state index < -0.39 is 0 Å². The molecule has 2 aromatic carbocycles. The summed E-state index contributed by atoms with van der Waals surface area (Å²) in [4.78, 5) is 25.0. The van der Waals surface area contributed by atoms with Crippen LogP contribution in [0.15, 0.2) is 42.5 Å². The maximum Gasteiger partial charge on any atom is 0.255 e. The Morgan fingerprint density at radius 2 is 1.86 bits per heavy atom. The molecule has 3 rings (SSSR count). The quantitative estimate of drug-likeness (QED) is 0.706. The standard InChI is InChI=1S/C23H24N2O4/c1-3-14-24-23(27)18-10-6-7-11-19(18)25-22(26)16-12-13-20(21(15-16)28-2)29-17-8-4-5-9-17/h1,6-7,10-13,15,17H,4-5,8-9,14H2,2H3,(H,24,27)(H,25,26). The van der Waals surface area contributed by atoms with Crippen LogP contribution in [0.5, 0.6) is 11.5 Å². The minimum atomic E-state index is -0.354. The highest BCUT2D eigenvalue weighted by atomic mass is 16.5. The van der Waals surface area contributed by atoms with Crippen LogP contribution in [0, 0.1) is 12.3 Å². The number of benzene rings is 2. The molecule has 6 nitrogen and oxygen atoms in total. The van der Waals surface area contributed by atoms with E-state index in [2.05, 4.69) is 16.6 Å². The van der Waals surface area contributed by atoms with E-state index in [4.69, 9.17) is 15.9 Å². The first-order chi connectivity index (χ1) is 14.1. The minimum Gasteiger partial charge on any atom is -0.493 e. The number of nitrogens with one attached hydrogen (secondary N) is 2. The molecule has 2 N–H and O–H groups in total. The summed E-state index contributed by atoms with van der Waals surface area (Å²) in [6.45, 7) is 0.112. The Kier molecular flexibility index (Phi) is 6.75. The number of amides is 2. The number of carbonyl (C=O) groups is 2. The van der Waals surface area contributed by atoms with Crippen LogP contribution in [-0.2, 0) is 0 Å². The largest absolute Gasteiger partial charge is 0.493 e. The third-order valence-electron chi connectivity index (χ3n) is 4.79. The number of rotatable bonds is 7. The van der Waals surface area contributed by atoms with Gasteiger partial charge in [0.25, 0.3) is 11.8 Å². The molecule has 0 unspecified atom stereocenters. The number of hydrogen-bond donors (Lipinski definition) is 2. The summed E-state index contributed by atoms with van der Waals surface area (Å²) >= 11 is 0. The van der Waals surface area contributed by atoms with Crippen molar-refractivity contribution in [1.29, 1.82) is 0 Å². The van der Waals surface area contributed by atoms with Crippen molar-refractivity contribution in [1.82, 2.24) is 5.32 Å². The lowest BCUT2D eigenvalue weighted by atomic mass is 10.1. The lowest BCUT2D eigenvalue weighted by Gasteiger charge is -2.17. The van der Waals surface area contributed by atoms with Crippen molar-refractivity contribution < 1.29 is 19.1 Å². The maximum atomic E-state index is 12.8. The number of terminal acetylenes is 1. The molecule has 0 aromatic heterocycles. The van der Waals surface area contributed by atoms with Crippen LogP contribution in [0.3, 0.4) is 0 Å². The number of anilines is 1. The highest BCUT2D eigenvalue weighted by Gasteiger charge is 2.20. The molecular weight excluding hydrogens is 368 g/mol. The van der Waals surface area contributed by atoms with Crippen LogP contribution in [0.2, 0.25) is 0 Å². The Bertz CT molecular complexity index is 927. The summed E-state index contributed by atoms with van der Waals surface area (Å²) in [5.74, 6) is 2.78. The second-order valence-electron chi connectivity index (χ2n) is 6.78. The Morgan fingerprint density at radius 1 is 1.10 bits per heavy atom. The first-order valence-corrected chi connectivity index (χ1v) is 9.59. The minimum absolute atomic E-state index is 0.112. The van der Waals surface area contributed by atoms with Gasteiger partial charge in [-0.3, -0.25) is 9.59 Å². The maximum absolute atomic E-state index is 12.8. The van der Waals surface area contributed by atoms with E-state index in [9.17, 15) is 9.59 Å². The molecule has 0 saturated heterocycles. The van der Waals surface area contributed by atoms with Crippen LogP contribution in [-0.4, -0.2) is 31.6 Å². The third kappa shape index (κ3) is 5.08. The fraction of sp³-hybridized carbons (Fsp3) is 0.304. The second kappa shape index (κ2) is 9.65. The van der Waals surface area contributed by atoms with Gasteiger partial charge in [0.05, 0.1) is 31.0 Å². The molecule has 1 aliphatic carbocycles. The molecule has 0 atom stereocenters. The van der Waals surface area contributed by atoms with Crippen molar-refractivity contribution in [2.45, 2.75) is 31.8 Å². The van der Waals surface area contributed by atoms with Crippen molar-refractivity contribution in [3.8, 4) is 23.8 Å². The highest BCUT2D eigenvalue weighted by Crippen LogP contribution is 2.32. The third-order valence-corrected chi connectivity index (χ3v) is 4.79. The van der Waals surface area contributed by atoms with Crippen LogP contribution in [0.25, 0.3) is 0 Å². The predicted molar refractivity (Wildman–Crippen MR) is 111 cm³/mol. The summed E-state index contributed by atoms with van der Waals surface area (Å²) < 4.78 is 11.4. The fourth-order valence-corrected chi connectivity index (χ4v) is 3.30. The zero-order valence-corrected chi connectivity index (χ0v) is 16.4. The van der Waals surface area contributed by atoms with Crippen molar-refractivity contribution in [2.75, 3.05) is 19.0 Å². The molecule has 2 aromatic rings. The van der Waals surface area contributed by atoms with Crippen LogP contribution < -0.4 is 20.1 Å². The smallest absolute Gasteiger partial charge is 0.255 e. The second-order valence-corrected chi connectivity index (χ2v) is 6.78. The van der Waals surface area contributed by atoms with Crippen molar-refractivity contribution in [3.05, 3.63) is 53.6 Å². The molecule has 1 saturated carbocycles. The molecule has 150 valence electrons. The normalized spacial score (nSPS) is 13.4. The summed E-state index contributed by atoms with van der Waals surface area (Å²) in [6, 6.07) is 11.8. The van der Waals surface area contributed by atoms with Gasteiger partial charge in [-0.2, -0.15) is 0 Å². The highest BCUT2D eigenvalue weighted by molar-refractivity contribution is 6.09. The molecule has 0 bridgehead atoms. The fourth-order valence-electron chi connectivity index (χ4n) is 3.30. The van der Waals surface area contributed by atoms with Gasteiger partial charge in [-0.1, -0.05) is 18.1 Å². The number of ether oxygens (including phenoxy) is 2. The Balaban J connectivity index is 1.76. The first-order valence-electron chi connectivity index (χ1n) is 9.59. The molecule has 0 spiro atoms. The van der Waals surface area contributed by atoms with E-state index in [0.29, 0.717) is 28.3 Å². The Hall–Kier alpha value is -3.46. The van der Waals surface area contributed by atoms with E-state index in [0.717, 1.165) is 12.8 Å². The average molecular weight is 392 g/mol. The van der Waals surface area contributed by atoms with Gasteiger partial charge in [-0.25, -0.2) is 0 Å². The lowest BCUT2D eigenvalue weighted by molar-refractivity contribution is 0.0959. The van der Waals surface area contributed by atoms with Crippen LogP contribution in [0.4, 0.5) is 5.69 Å². The molecule has 6 heteroatoms. The topological polar surface area (TPSA) is 76.7 Å². The van der Waals surface area contributed by atoms with Crippen molar-refractivity contribution in [3.63, 3.8) is 0 Å². The van der Waals surface area contributed by atoms with Crippen molar-refractivity contribution in [2.24, 2.45) is 0 Å². The van der Waals surface area contributed by atoms with Gasteiger partial charge in [0.15, 0.2) is 11.5 Å². The van der Waals surface area contributed by atoms with Crippen molar-refractivity contribution >= 4 is 17.5 Å². The molecule has 2 amide bonds. The van der Waals surface area contributed by atoms with E-state index in [1.54, 1.807) is 49.6 Å². The van der Waals surface area contributed by atoms with E-state index in [-0.39, 0.29) is 24.5 Å². The molecule has 0 aliphatic heterocycles. The molecule has 0 heterocycles. The summed E-state index contributed by atoms with van der Waals surface area (Å²) in [5.41, 5.74) is 1.14. The van der Waals surface area contributed by atoms with E-state index >= 15 is 0 Å². The number of para-hydroxylation sites is 1. The molecular formula is C23H24N2O4. The molecule has 29 heavy (non-hydrogen) atoms. The zero-order chi connectivity index (χ0) is 20.6. The molecule has 1 fully saturated rings. The summed E-state index contributed by atoms with van der Waals surface area (Å²) in [7, 11) is 1.55. The lowest BCUT2D eigenvalue weighted by Crippen LogP contribution is -2.25. The summed E-state index contributed by atoms with van der Waals surface area (Å²) in [6.07, 6.45) is 9.78. The van der Waals surface area contributed by atoms with Gasteiger partial charge >= 0.3 is 0 Å². The SMILES string of the molecule is C#CCNC(=O)c1ccccc1NC(=O)c1ccc(OC2CCCC2)c(OC)c1. The van der Waals surface area contributed by atoms with Gasteiger partial charge < -0.3 is 20.1 Å². The Labute approximate surface area is 170 Å². The average Bonchev–Trinajstić information content (AvgIpc) is 3.25. The first kappa shape index (κ1) is 20.3. The Morgan fingerprint density at radius 3 is 2.59 bits per heavy atom. The summed E-state index contributed by atoms with van der Waals surface area (Å²) in [5, 5.41) is 5.38. The van der Waals surface area contributed by atoms with Gasteiger partial charge in [0.2, 0.25) is 0 Å². The number of methoxy groups -OCH3 is 1. The number of hydrogen-bond acceptors (Lipinski definition) is 4. The van der Waals surface area contributed by atoms with Gasteiger partial charge in [-0.05, 0) is 56.0 Å². The van der Waals surface area contributed by atoms with E-state index in [1.807, 2.05) is 0 Å². The monoisotopic (exact) mass is 392 g/mol.